The minimum atomic E-state index is 1.04. The Morgan fingerprint density at radius 1 is 1.08 bits per heavy atom. The highest BCUT2D eigenvalue weighted by molar-refractivity contribution is 4.66. The van der Waals surface area contributed by atoms with Crippen LogP contribution in [0.4, 0.5) is 0 Å². The normalized spacial score (nSPS) is 19.8. The lowest BCUT2D eigenvalue weighted by atomic mass is 9.87. The highest BCUT2D eigenvalue weighted by Crippen LogP contribution is 2.25. The Balaban J connectivity index is 1.91. The van der Waals surface area contributed by atoms with Crippen molar-refractivity contribution in [3.05, 3.63) is 0 Å². The van der Waals surface area contributed by atoms with Gasteiger partial charge in [-0.05, 0) is 31.8 Å². The highest BCUT2D eigenvalue weighted by atomic mass is 14.8. The molecule has 1 N–H and O–H groups in total. The molecule has 1 nitrogen and oxygen atoms in total. The van der Waals surface area contributed by atoms with E-state index in [1.807, 2.05) is 0 Å². The minimum absolute atomic E-state index is 1.04. The largest absolute Gasteiger partial charge is 0.317 e. The van der Waals surface area contributed by atoms with Gasteiger partial charge in [0, 0.05) is 0 Å². The molecule has 0 saturated heterocycles. The summed E-state index contributed by atoms with van der Waals surface area (Å²) in [6.07, 6.45) is 10.1. The Morgan fingerprint density at radius 2 is 1.83 bits per heavy atom. The van der Waals surface area contributed by atoms with Crippen molar-refractivity contribution >= 4 is 0 Å². The molecule has 0 radical (unpaired) electrons. The van der Waals surface area contributed by atoms with Gasteiger partial charge in [0.05, 0.1) is 0 Å². The topological polar surface area (TPSA) is 12.0 Å². The van der Waals surface area contributed by atoms with Crippen LogP contribution in [0.25, 0.3) is 0 Å². The first-order chi connectivity index (χ1) is 5.93. The zero-order valence-electron chi connectivity index (χ0n) is 8.44. The van der Waals surface area contributed by atoms with Crippen LogP contribution in [0.15, 0.2) is 0 Å². The molecule has 1 fully saturated rings. The van der Waals surface area contributed by atoms with Gasteiger partial charge in [-0.25, -0.2) is 0 Å². The van der Waals surface area contributed by atoms with E-state index in [4.69, 9.17) is 0 Å². The fourth-order valence-electron chi connectivity index (χ4n) is 2.08. The number of rotatable bonds is 5. The number of hydrogen-bond acceptors (Lipinski definition) is 1. The maximum absolute atomic E-state index is 3.48. The summed E-state index contributed by atoms with van der Waals surface area (Å²) < 4.78 is 0. The van der Waals surface area contributed by atoms with Crippen LogP contribution < -0.4 is 5.32 Å². The van der Waals surface area contributed by atoms with Gasteiger partial charge in [0.25, 0.3) is 0 Å². The second-order valence-electron chi connectivity index (χ2n) is 4.04. The monoisotopic (exact) mass is 169 g/mol. The van der Waals surface area contributed by atoms with E-state index in [1.54, 1.807) is 0 Å². The third-order valence-corrected chi connectivity index (χ3v) is 2.88. The van der Waals surface area contributed by atoms with Crippen molar-refractivity contribution in [2.24, 2.45) is 5.92 Å². The summed E-state index contributed by atoms with van der Waals surface area (Å²) in [5.74, 6) is 1.04. The summed E-state index contributed by atoms with van der Waals surface area (Å²) in [7, 11) is 0. The molecule has 0 amide bonds. The number of nitrogens with one attached hydrogen (secondary N) is 1. The summed E-state index contributed by atoms with van der Waals surface area (Å²) in [6, 6.07) is 0. The minimum Gasteiger partial charge on any atom is -0.317 e. The van der Waals surface area contributed by atoms with Crippen LogP contribution in [0, 0.1) is 5.92 Å². The fraction of sp³-hybridized carbons (Fsp3) is 1.00. The van der Waals surface area contributed by atoms with Crippen molar-refractivity contribution < 1.29 is 0 Å². The molecule has 0 atom stereocenters. The van der Waals surface area contributed by atoms with Gasteiger partial charge in [-0.15, -0.1) is 0 Å². The van der Waals surface area contributed by atoms with Gasteiger partial charge in [-0.3, -0.25) is 0 Å². The molecular formula is C11H23N. The predicted octanol–water partition coefficient (Wildman–Crippen LogP) is 2.96. The van der Waals surface area contributed by atoms with Crippen LogP contribution >= 0.6 is 0 Å². The van der Waals surface area contributed by atoms with E-state index in [2.05, 4.69) is 12.2 Å². The molecule has 0 aromatic rings. The van der Waals surface area contributed by atoms with Crippen LogP contribution in [0.1, 0.15) is 51.9 Å². The zero-order chi connectivity index (χ0) is 8.65. The van der Waals surface area contributed by atoms with Crippen LogP contribution in [0.2, 0.25) is 0 Å². The smallest absolute Gasteiger partial charge is 0.00463 e. The SMILES string of the molecule is CCCNCCC1CCCCC1. The summed E-state index contributed by atoms with van der Waals surface area (Å²) >= 11 is 0. The molecule has 1 saturated carbocycles. The Hall–Kier alpha value is -0.0400. The molecule has 0 unspecified atom stereocenters. The van der Waals surface area contributed by atoms with Gasteiger partial charge in [0.1, 0.15) is 0 Å². The van der Waals surface area contributed by atoms with Crippen LogP contribution in [0.5, 0.6) is 0 Å². The van der Waals surface area contributed by atoms with Crippen LogP contribution in [-0.2, 0) is 0 Å². The Kier molecular flexibility index (Phi) is 5.42. The molecule has 1 aliphatic carbocycles. The molecule has 0 aliphatic heterocycles. The summed E-state index contributed by atoms with van der Waals surface area (Å²) in [5, 5.41) is 3.48. The second-order valence-corrected chi connectivity index (χ2v) is 4.04. The van der Waals surface area contributed by atoms with E-state index in [9.17, 15) is 0 Å². The predicted molar refractivity (Wildman–Crippen MR) is 54.4 cm³/mol. The summed E-state index contributed by atoms with van der Waals surface area (Å²) in [6.45, 7) is 4.68. The van der Waals surface area contributed by atoms with Crippen LogP contribution in [0.3, 0.4) is 0 Å². The molecule has 0 spiro atoms. The van der Waals surface area contributed by atoms with Gasteiger partial charge < -0.3 is 5.32 Å². The fourth-order valence-corrected chi connectivity index (χ4v) is 2.08. The summed E-state index contributed by atoms with van der Waals surface area (Å²) in [4.78, 5) is 0. The molecule has 72 valence electrons. The molecule has 0 aromatic carbocycles. The molecule has 1 rings (SSSR count). The van der Waals surface area contributed by atoms with Gasteiger partial charge in [-0.1, -0.05) is 39.0 Å². The lowest BCUT2D eigenvalue weighted by molar-refractivity contribution is 0.334. The average Bonchev–Trinajstić information content (AvgIpc) is 2.14. The lowest BCUT2D eigenvalue weighted by Crippen LogP contribution is -2.19. The first-order valence-corrected chi connectivity index (χ1v) is 5.64. The Bertz CT molecular complexity index is 95.2. The molecule has 0 heterocycles. The quantitative estimate of drug-likeness (QED) is 0.624. The molecule has 0 aromatic heterocycles. The second kappa shape index (κ2) is 6.47. The molecule has 1 aliphatic rings. The van der Waals surface area contributed by atoms with E-state index in [-0.39, 0.29) is 0 Å². The van der Waals surface area contributed by atoms with Gasteiger partial charge in [0.2, 0.25) is 0 Å². The van der Waals surface area contributed by atoms with E-state index in [0.717, 1.165) is 5.92 Å². The van der Waals surface area contributed by atoms with Crippen LogP contribution in [-0.4, -0.2) is 13.1 Å². The first kappa shape index (κ1) is 10.0. The highest BCUT2D eigenvalue weighted by Gasteiger charge is 2.11. The Labute approximate surface area is 76.9 Å². The molecule has 12 heavy (non-hydrogen) atoms. The average molecular weight is 169 g/mol. The van der Waals surface area contributed by atoms with Crippen molar-refractivity contribution in [3.63, 3.8) is 0 Å². The van der Waals surface area contributed by atoms with Crippen molar-refractivity contribution in [1.29, 1.82) is 0 Å². The van der Waals surface area contributed by atoms with Gasteiger partial charge in [0.15, 0.2) is 0 Å². The maximum atomic E-state index is 3.48. The van der Waals surface area contributed by atoms with E-state index in [1.165, 1.54) is 58.0 Å². The molecule has 0 bridgehead atoms. The Morgan fingerprint density at radius 3 is 2.50 bits per heavy atom. The third kappa shape index (κ3) is 4.10. The zero-order valence-corrected chi connectivity index (χ0v) is 8.44. The first-order valence-electron chi connectivity index (χ1n) is 5.64. The van der Waals surface area contributed by atoms with Crippen molar-refractivity contribution in [3.8, 4) is 0 Å². The maximum Gasteiger partial charge on any atom is -0.00463 e. The van der Waals surface area contributed by atoms with Gasteiger partial charge >= 0.3 is 0 Å². The van der Waals surface area contributed by atoms with Crippen molar-refractivity contribution in [2.45, 2.75) is 51.9 Å². The van der Waals surface area contributed by atoms with Crippen molar-refractivity contribution in [1.82, 2.24) is 5.32 Å². The van der Waals surface area contributed by atoms with Crippen molar-refractivity contribution in [2.75, 3.05) is 13.1 Å². The lowest BCUT2D eigenvalue weighted by Gasteiger charge is -2.21. The molecular weight excluding hydrogens is 146 g/mol. The van der Waals surface area contributed by atoms with E-state index >= 15 is 0 Å². The molecule has 1 heteroatoms. The van der Waals surface area contributed by atoms with Gasteiger partial charge in [-0.2, -0.15) is 0 Å². The van der Waals surface area contributed by atoms with E-state index < -0.39 is 0 Å². The van der Waals surface area contributed by atoms with E-state index in [0.29, 0.717) is 0 Å². The number of hydrogen-bond donors (Lipinski definition) is 1. The standard InChI is InChI=1S/C11H23N/c1-2-9-12-10-8-11-6-4-3-5-7-11/h11-12H,2-10H2,1H3. The third-order valence-electron chi connectivity index (χ3n) is 2.88. The summed E-state index contributed by atoms with van der Waals surface area (Å²) in [5.41, 5.74) is 0.